The molecule has 2 N–H and O–H groups in total. The van der Waals surface area contributed by atoms with Crippen LogP contribution in [0.3, 0.4) is 0 Å². The first-order chi connectivity index (χ1) is 11.6. The molecule has 0 spiro atoms. The normalized spacial score (nSPS) is 17.5. The largest absolute Gasteiger partial charge is 0.324 e. The number of para-hydroxylation sites is 1. The van der Waals surface area contributed by atoms with Crippen molar-refractivity contribution >= 4 is 11.6 Å². The van der Waals surface area contributed by atoms with Crippen molar-refractivity contribution in [2.24, 2.45) is 0 Å². The number of hydrogen-bond acceptors (Lipinski definition) is 3. The molecule has 2 heterocycles. The van der Waals surface area contributed by atoms with E-state index in [-0.39, 0.29) is 5.91 Å². The number of aromatic amines is 1. The molecule has 1 atom stereocenters. The second-order valence-electron chi connectivity index (χ2n) is 6.59. The average Bonchev–Trinajstić information content (AvgIpc) is 3.04. The summed E-state index contributed by atoms with van der Waals surface area (Å²) in [4.78, 5) is 14.8. The molecular formula is C19H26N4O. The van der Waals surface area contributed by atoms with E-state index in [1.54, 1.807) is 0 Å². The Morgan fingerprint density at radius 2 is 2.04 bits per heavy atom. The number of amides is 1. The van der Waals surface area contributed by atoms with E-state index in [1.807, 2.05) is 6.20 Å². The van der Waals surface area contributed by atoms with Gasteiger partial charge in [0.25, 0.3) is 0 Å². The third-order valence-electron chi connectivity index (χ3n) is 4.80. The fourth-order valence-electron chi connectivity index (χ4n) is 3.56. The lowest BCUT2D eigenvalue weighted by Gasteiger charge is -2.30. The van der Waals surface area contributed by atoms with Gasteiger partial charge in [0.2, 0.25) is 5.91 Å². The van der Waals surface area contributed by atoms with E-state index in [9.17, 15) is 4.79 Å². The number of carbonyl (C=O) groups is 1. The molecule has 1 aromatic carbocycles. The van der Waals surface area contributed by atoms with Crippen LogP contribution in [0.25, 0.3) is 0 Å². The summed E-state index contributed by atoms with van der Waals surface area (Å²) in [6.07, 6.45) is 3.71. The lowest BCUT2D eigenvalue weighted by molar-refractivity contribution is -0.117. The first-order valence-corrected chi connectivity index (χ1v) is 8.77. The summed E-state index contributed by atoms with van der Waals surface area (Å²) in [5.41, 5.74) is 5.81. The molecular weight excluding hydrogens is 300 g/mol. The quantitative estimate of drug-likeness (QED) is 0.887. The molecule has 1 unspecified atom stereocenters. The van der Waals surface area contributed by atoms with Crippen molar-refractivity contribution in [1.29, 1.82) is 0 Å². The van der Waals surface area contributed by atoms with E-state index in [0.717, 1.165) is 31.6 Å². The van der Waals surface area contributed by atoms with Gasteiger partial charge in [0, 0.05) is 36.0 Å². The minimum absolute atomic E-state index is 0.0599. The lowest BCUT2D eigenvalue weighted by atomic mass is 9.98. The Morgan fingerprint density at radius 3 is 2.71 bits per heavy atom. The van der Waals surface area contributed by atoms with Crippen LogP contribution in [-0.4, -0.2) is 34.1 Å². The number of aromatic nitrogens is 2. The number of benzene rings is 1. The Kier molecular flexibility index (Phi) is 5.00. The maximum Gasteiger partial charge on any atom is 0.238 e. The molecule has 3 rings (SSSR count). The number of aryl methyl sites for hydroxylation is 2. The van der Waals surface area contributed by atoms with E-state index < -0.39 is 0 Å². The summed E-state index contributed by atoms with van der Waals surface area (Å²) in [6, 6.07) is 6.26. The zero-order valence-corrected chi connectivity index (χ0v) is 14.7. The summed E-state index contributed by atoms with van der Waals surface area (Å²) in [5.74, 6) is 0.433. The highest BCUT2D eigenvalue weighted by Gasteiger charge is 2.25. The highest BCUT2D eigenvalue weighted by molar-refractivity contribution is 5.93. The molecule has 1 aliphatic heterocycles. The SMILES string of the molecule is CCc1cccc(CC)c1NC(=O)CN1Cc2cn[nH]c2C(C)C1. The van der Waals surface area contributed by atoms with Crippen LogP contribution in [0.15, 0.2) is 24.4 Å². The summed E-state index contributed by atoms with van der Waals surface area (Å²) in [6.45, 7) is 8.48. The molecule has 5 nitrogen and oxygen atoms in total. The smallest absolute Gasteiger partial charge is 0.238 e. The maximum absolute atomic E-state index is 12.6. The topological polar surface area (TPSA) is 61.0 Å². The van der Waals surface area contributed by atoms with Crippen molar-refractivity contribution in [3.05, 3.63) is 46.8 Å². The van der Waals surface area contributed by atoms with Crippen LogP contribution in [0.1, 0.15) is 49.1 Å². The van der Waals surface area contributed by atoms with Crippen LogP contribution >= 0.6 is 0 Å². The molecule has 1 aromatic heterocycles. The molecule has 2 aromatic rings. The van der Waals surface area contributed by atoms with Crippen LogP contribution in [0.5, 0.6) is 0 Å². The zero-order valence-electron chi connectivity index (χ0n) is 14.7. The van der Waals surface area contributed by atoms with Crippen LogP contribution < -0.4 is 5.32 Å². The van der Waals surface area contributed by atoms with Gasteiger partial charge < -0.3 is 5.32 Å². The molecule has 0 fully saturated rings. The molecule has 0 saturated heterocycles. The van der Waals surface area contributed by atoms with Crippen molar-refractivity contribution < 1.29 is 4.79 Å². The van der Waals surface area contributed by atoms with E-state index in [2.05, 4.69) is 59.4 Å². The lowest BCUT2D eigenvalue weighted by Crippen LogP contribution is -2.38. The van der Waals surface area contributed by atoms with Gasteiger partial charge in [-0.25, -0.2) is 0 Å². The monoisotopic (exact) mass is 326 g/mol. The number of nitrogens with one attached hydrogen (secondary N) is 2. The molecule has 0 bridgehead atoms. The Morgan fingerprint density at radius 1 is 1.33 bits per heavy atom. The van der Waals surface area contributed by atoms with E-state index >= 15 is 0 Å². The standard InChI is InChI=1S/C19H26N4O/c1-4-14-7-6-8-15(5-2)19(14)21-17(24)12-23-10-13(3)18-16(11-23)9-20-22-18/h6-9,13H,4-5,10-12H2,1-3H3,(H,20,22)(H,21,24). The Balaban J connectivity index is 1.69. The van der Waals surface area contributed by atoms with Gasteiger partial charge in [0.15, 0.2) is 0 Å². The zero-order chi connectivity index (χ0) is 17.1. The Labute approximate surface area is 143 Å². The molecule has 5 heteroatoms. The summed E-state index contributed by atoms with van der Waals surface area (Å²) in [7, 11) is 0. The van der Waals surface area contributed by atoms with Gasteiger partial charge in [-0.05, 0) is 24.0 Å². The van der Waals surface area contributed by atoms with Crippen LogP contribution in [0.2, 0.25) is 0 Å². The average molecular weight is 326 g/mol. The van der Waals surface area contributed by atoms with Gasteiger partial charge in [0.1, 0.15) is 0 Å². The number of hydrogen-bond donors (Lipinski definition) is 2. The van der Waals surface area contributed by atoms with Crippen LogP contribution in [0, 0.1) is 0 Å². The summed E-state index contributed by atoms with van der Waals surface area (Å²) < 4.78 is 0. The number of H-pyrrole nitrogens is 1. The van der Waals surface area contributed by atoms with E-state index in [1.165, 1.54) is 22.4 Å². The summed E-state index contributed by atoms with van der Waals surface area (Å²) >= 11 is 0. The number of nitrogens with zero attached hydrogens (tertiary/aromatic N) is 2. The van der Waals surface area contributed by atoms with Crippen molar-refractivity contribution in [3.8, 4) is 0 Å². The third-order valence-corrected chi connectivity index (χ3v) is 4.80. The summed E-state index contributed by atoms with van der Waals surface area (Å²) in [5, 5.41) is 10.4. The number of anilines is 1. The highest BCUT2D eigenvalue weighted by Crippen LogP contribution is 2.26. The predicted molar refractivity (Wildman–Crippen MR) is 96.1 cm³/mol. The predicted octanol–water partition coefficient (Wildman–Crippen LogP) is 3.09. The Hall–Kier alpha value is -2.14. The van der Waals surface area contributed by atoms with Gasteiger partial charge in [-0.15, -0.1) is 0 Å². The number of fused-ring (bicyclic) bond motifs is 1. The van der Waals surface area contributed by atoms with Crippen molar-refractivity contribution in [3.63, 3.8) is 0 Å². The van der Waals surface area contributed by atoms with Crippen molar-refractivity contribution in [2.45, 2.75) is 46.1 Å². The van der Waals surface area contributed by atoms with Gasteiger partial charge >= 0.3 is 0 Å². The van der Waals surface area contributed by atoms with Crippen molar-refractivity contribution in [1.82, 2.24) is 15.1 Å². The van der Waals surface area contributed by atoms with E-state index in [4.69, 9.17) is 0 Å². The first-order valence-electron chi connectivity index (χ1n) is 8.77. The second kappa shape index (κ2) is 7.18. The van der Waals surface area contributed by atoms with Gasteiger partial charge in [0.05, 0.1) is 12.7 Å². The molecule has 0 radical (unpaired) electrons. The molecule has 0 saturated carbocycles. The molecule has 0 aliphatic carbocycles. The molecule has 24 heavy (non-hydrogen) atoms. The van der Waals surface area contributed by atoms with E-state index in [0.29, 0.717) is 12.5 Å². The maximum atomic E-state index is 12.6. The second-order valence-corrected chi connectivity index (χ2v) is 6.59. The fourth-order valence-corrected chi connectivity index (χ4v) is 3.56. The first kappa shape index (κ1) is 16.7. The molecule has 128 valence electrons. The molecule has 1 amide bonds. The highest BCUT2D eigenvalue weighted by atomic mass is 16.2. The van der Waals surface area contributed by atoms with Crippen LogP contribution in [0.4, 0.5) is 5.69 Å². The minimum atomic E-state index is 0.0599. The minimum Gasteiger partial charge on any atom is -0.324 e. The van der Waals surface area contributed by atoms with Crippen LogP contribution in [-0.2, 0) is 24.2 Å². The van der Waals surface area contributed by atoms with Gasteiger partial charge in [-0.3, -0.25) is 14.8 Å². The fraction of sp³-hybridized carbons (Fsp3) is 0.474. The van der Waals surface area contributed by atoms with Crippen molar-refractivity contribution in [2.75, 3.05) is 18.4 Å². The number of carbonyl (C=O) groups excluding carboxylic acids is 1. The van der Waals surface area contributed by atoms with Gasteiger partial charge in [-0.2, -0.15) is 5.10 Å². The molecule has 1 aliphatic rings. The van der Waals surface area contributed by atoms with Gasteiger partial charge in [-0.1, -0.05) is 39.0 Å². The third kappa shape index (κ3) is 3.36. The Bertz CT molecular complexity index is 700. The number of rotatable bonds is 5.